The van der Waals surface area contributed by atoms with Gasteiger partial charge in [0, 0.05) is 17.4 Å². The molecule has 0 spiro atoms. The number of nitrogens with zero attached hydrogens (tertiary/aromatic N) is 1. The van der Waals surface area contributed by atoms with Crippen LogP contribution < -0.4 is 9.47 Å². The molecule has 0 aliphatic carbocycles. The Morgan fingerprint density at radius 3 is 2.18 bits per heavy atom. The van der Waals surface area contributed by atoms with Gasteiger partial charge in [0.05, 0.1) is 13.2 Å². The minimum atomic E-state index is 0.109. The lowest BCUT2D eigenvalue weighted by atomic mass is 9.76. The van der Waals surface area contributed by atoms with Gasteiger partial charge in [-0.2, -0.15) is 0 Å². The van der Waals surface area contributed by atoms with Gasteiger partial charge in [-0.3, -0.25) is 0 Å². The van der Waals surface area contributed by atoms with Crippen molar-refractivity contribution in [1.29, 1.82) is 0 Å². The zero-order valence-corrected chi connectivity index (χ0v) is 23.4. The fraction of sp³-hybridized carbons (Fsp3) is 0.486. The molecular weight excluding hydrogens is 482 g/mol. The highest BCUT2D eigenvalue weighted by atomic mass is 16.5. The van der Waals surface area contributed by atoms with Crippen molar-refractivity contribution < 1.29 is 14.6 Å². The largest absolute Gasteiger partial charge is 0.508 e. The van der Waals surface area contributed by atoms with Gasteiger partial charge in [0.1, 0.15) is 17.2 Å². The molecule has 2 aliphatic rings. The quantitative estimate of drug-likeness (QED) is 0.214. The summed E-state index contributed by atoms with van der Waals surface area (Å²) in [5, 5.41) is 10.2. The summed E-state index contributed by atoms with van der Waals surface area (Å²) in [7, 11) is 0. The molecule has 3 aromatic rings. The standard InChI is InChI=1S/C35H45NO3/c37-30-18-21-34-32(26-30)35(33(27-39-34)28-14-8-7-9-15-28)29-16-19-31(20-17-29)38-25-13-6-4-2-1-3-5-10-22-36-23-11-12-24-36/h7-9,14-21,26,33,35,37H,1-6,10-13,22-25,27H2. The first kappa shape index (κ1) is 27.6. The zero-order valence-electron chi connectivity index (χ0n) is 23.4. The first-order valence-electron chi connectivity index (χ1n) is 15.2. The predicted octanol–water partition coefficient (Wildman–Crippen LogP) is 8.30. The van der Waals surface area contributed by atoms with E-state index in [4.69, 9.17) is 9.47 Å². The number of rotatable bonds is 14. The average molecular weight is 528 g/mol. The van der Waals surface area contributed by atoms with Gasteiger partial charge < -0.3 is 19.5 Å². The van der Waals surface area contributed by atoms with E-state index in [-0.39, 0.29) is 17.6 Å². The highest BCUT2D eigenvalue weighted by molar-refractivity contribution is 5.51. The molecule has 1 fully saturated rings. The molecule has 2 heterocycles. The summed E-state index contributed by atoms with van der Waals surface area (Å²) in [6.45, 7) is 5.37. The minimum Gasteiger partial charge on any atom is -0.508 e. The number of hydrogen-bond donors (Lipinski definition) is 1. The van der Waals surface area contributed by atoms with Crippen molar-refractivity contribution in [2.24, 2.45) is 0 Å². The molecule has 2 unspecified atom stereocenters. The highest BCUT2D eigenvalue weighted by Crippen LogP contribution is 2.47. The molecule has 0 aromatic heterocycles. The second-order valence-electron chi connectivity index (χ2n) is 11.3. The topological polar surface area (TPSA) is 41.9 Å². The van der Waals surface area contributed by atoms with Crippen molar-refractivity contribution in [1.82, 2.24) is 4.90 Å². The van der Waals surface area contributed by atoms with Crippen LogP contribution >= 0.6 is 0 Å². The molecule has 0 amide bonds. The van der Waals surface area contributed by atoms with Gasteiger partial charge in [0.25, 0.3) is 0 Å². The van der Waals surface area contributed by atoms with E-state index in [1.54, 1.807) is 6.07 Å². The summed E-state index contributed by atoms with van der Waals surface area (Å²) < 4.78 is 12.2. The van der Waals surface area contributed by atoms with E-state index in [9.17, 15) is 5.11 Å². The van der Waals surface area contributed by atoms with Crippen LogP contribution in [-0.2, 0) is 0 Å². The minimum absolute atomic E-state index is 0.109. The number of hydrogen-bond acceptors (Lipinski definition) is 4. The van der Waals surface area contributed by atoms with E-state index >= 15 is 0 Å². The Balaban J connectivity index is 1.06. The van der Waals surface area contributed by atoms with E-state index in [0.29, 0.717) is 6.61 Å². The summed E-state index contributed by atoms with van der Waals surface area (Å²) in [5.41, 5.74) is 3.50. The van der Waals surface area contributed by atoms with Crippen LogP contribution in [0.2, 0.25) is 0 Å². The number of unbranched alkanes of at least 4 members (excludes halogenated alkanes) is 7. The maximum absolute atomic E-state index is 10.2. The number of phenols is 1. The smallest absolute Gasteiger partial charge is 0.123 e. The monoisotopic (exact) mass is 527 g/mol. The van der Waals surface area contributed by atoms with Crippen LogP contribution in [0.1, 0.15) is 92.7 Å². The second-order valence-corrected chi connectivity index (χ2v) is 11.3. The Morgan fingerprint density at radius 2 is 1.44 bits per heavy atom. The van der Waals surface area contributed by atoms with Crippen LogP contribution in [0.3, 0.4) is 0 Å². The first-order chi connectivity index (χ1) is 19.3. The number of phenolic OH excluding ortho intramolecular Hbond substituents is 1. The highest BCUT2D eigenvalue weighted by Gasteiger charge is 2.33. The molecule has 3 aromatic carbocycles. The number of ether oxygens (including phenoxy) is 2. The molecule has 0 radical (unpaired) electrons. The lowest BCUT2D eigenvalue weighted by molar-refractivity contribution is 0.248. The average Bonchev–Trinajstić information content (AvgIpc) is 3.50. The normalized spacial score (nSPS) is 19.0. The summed E-state index contributed by atoms with van der Waals surface area (Å²) in [4.78, 5) is 2.63. The molecule has 2 aliphatic heterocycles. The maximum Gasteiger partial charge on any atom is 0.123 e. The molecule has 5 rings (SSSR count). The first-order valence-corrected chi connectivity index (χ1v) is 15.2. The van der Waals surface area contributed by atoms with Crippen LogP contribution in [0.4, 0.5) is 0 Å². The molecule has 2 atom stereocenters. The lowest BCUT2D eigenvalue weighted by Crippen LogP contribution is -2.25. The Morgan fingerprint density at radius 1 is 0.744 bits per heavy atom. The third kappa shape index (κ3) is 7.79. The fourth-order valence-electron chi connectivity index (χ4n) is 6.27. The molecule has 39 heavy (non-hydrogen) atoms. The third-order valence-corrected chi connectivity index (χ3v) is 8.45. The van der Waals surface area contributed by atoms with Gasteiger partial charge in [-0.1, -0.05) is 81.0 Å². The van der Waals surface area contributed by atoms with E-state index in [2.05, 4.69) is 53.4 Å². The Labute approximate surface area is 235 Å². The molecule has 0 saturated carbocycles. The number of benzene rings is 3. The van der Waals surface area contributed by atoms with E-state index in [1.807, 2.05) is 18.2 Å². The Hall–Kier alpha value is -2.98. The maximum atomic E-state index is 10.2. The number of likely N-dealkylation sites (tertiary alicyclic amines) is 1. The number of fused-ring (bicyclic) bond motifs is 1. The molecule has 1 saturated heterocycles. The predicted molar refractivity (Wildman–Crippen MR) is 159 cm³/mol. The molecule has 208 valence electrons. The van der Waals surface area contributed by atoms with E-state index in [1.165, 1.54) is 88.5 Å². The van der Waals surface area contributed by atoms with Crippen molar-refractivity contribution in [2.45, 2.75) is 76.0 Å². The number of aromatic hydroxyl groups is 1. The molecule has 4 nitrogen and oxygen atoms in total. The van der Waals surface area contributed by atoms with E-state index < -0.39 is 0 Å². The summed E-state index contributed by atoms with van der Waals surface area (Å²) in [6, 6.07) is 24.5. The fourth-order valence-corrected chi connectivity index (χ4v) is 6.27. The van der Waals surface area contributed by atoms with Crippen molar-refractivity contribution in [2.75, 3.05) is 32.8 Å². The van der Waals surface area contributed by atoms with Crippen molar-refractivity contribution in [3.63, 3.8) is 0 Å². The van der Waals surface area contributed by atoms with Gasteiger partial charge in [0.2, 0.25) is 0 Å². The second kappa shape index (κ2) is 14.4. The van der Waals surface area contributed by atoms with Gasteiger partial charge in [0.15, 0.2) is 0 Å². The van der Waals surface area contributed by atoms with Gasteiger partial charge >= 0.3 is 0 Å². The van der Waals surface area contributed by atoms with Crippen LogP contribution in [0.5, 0.6) is 17.2 Å². The Kier molecular flexibility index (Phi) is 10.2. The van der Waals surface area contributed by atoms with E-state index in [0.717, 1.165) is 30.1 Å². The van der Waals surface area contributed by atoms with Crippen molar-refractivity contribution >= 4 is 0 Å². The van der Waals surface area contributed by atoms with Gasteiger partial charge in [-0.05, 0) is 86.8 Å². The van der Waals surface area contributed by atoms with Crippen LogP contribution in [0, 0.1) is 0 Å². The lowest BCUT2D eigenvalue weighted by Gasteiger charge is -2.34. The third-order valence-electron chi connectivity index (χ3n) is 8.45. The molecular formula is C35H45NO3. The van der Waals surface area contributed by atoms with Crippen LogP contribution in [0.25, 0.3) is 0 Å². The van der Waals surface area contributed by atoms with Crippen LogP contribution in [-0.4, -0.2) is 42.9 Å². The van der Waals surface area contributed by atoms with Crippen molar-refractivity contribution in [3.8, 4) is 17.2 Å². The van der Waals surface area contributed by atoms with Crippen LogP contribution in [0.15, 0.2) is 72.8 Å². The molecule has 4 heteroatoms. The van der Waals surface area contributed by atoms with Crippen molar-refractivity contribution in [3.05, 3.63) is 89.5 Å². The zero-order chi connectivity index (χ0) is 26.7. The summed E-state index contributed by atoms with van der Waals surface area (Å²) >= 11 is 0. The summed E-state index contributed by atoms with van der Waals surface area (Å²) in [6.07, 6.45) is 13.4. The Bertz CT molecular complexity index is 1120. The molecule has 0 bridgehead atoms. The van der Waals surface area contributed by atoms with Gasteiger partial charge in [-0.15, -0.1) is 0 Å². The molecule has 1 N–H and O–H groups in total. The SMILES string of the molecule is Oc1ccc2c(c1)C(c1ccc(OCCCCCCCCCCN3CCCC3)cc1)C(c1ccccc1)CO2. The van der Waals surface area contributed by atoms with Gasteiger partial charge in [-0.25, -0.2) is 0 Å². The summed E-state index contributed by atoms with van der Waals surface area (Å²) in [5.74, 6) is 2.34.